The zero-order valence-corrected chi connectivity index (χ0v) is 26.1. The maximum atomic E-state index is 5.11. The van der Waals surface area contributed by atoms with Crippen LogP contribution >= 0.6 is 0 Å². The fourth-order valence-corrected chi connectivity index (χ4v) is 6.59. The van der Waals surface area contributed by atoms with E-state index in [0.717, 1.165) is 33.0 Å². The summed E-state index contributed by atoms with van der Waals surface area (Å²) in [6.45, 7) is 0. The van der Waals surface area contributed by atoms with Crippen molar-refractivity contribution in [2.45, 2.75) is 0 Å². The highest BCUT2D eigenvalue weighted by Gasteiger charge is 2.15. The van der Waals surface area contributed by atoms with E-state index in [1.165, 1.54) is 38.2 Å². The molecule has 0 atom stereocenters. The summed E-state index contributed by atoms with van der Waals surface area (Å²) in [6.07, 6.45) is 0. The number of rotatable bonds is 5. The molecular formula is C45H29N3. The number of fused-ring (bicyclic) bond motifs is 3. The largest absolute Gasteiger partial charge is 0.208 e. The second-order valence-electron chi connectivity index (χ2n) is 12.1. The number of nitrogens with zero attached hydrogens (tertiary/aromatic N) is 3. The molecule has 9 aromatic rings. The van der Waals surface area contributed by atoms with E-state index >= 15 is 0 Å². The smallest absolute Gasteiger partial charge is 0.164 e. The third kappa shape index (κ3) is 5.18. The van der Waals surface area contributed by atoms with Gasteiger partial charge in [0.05, 0.1) is 0 Å². The summed E-state index contributed by atoms with van der Waals surface area (Å²) >= 11 is 0. The predicted molar refractivity (Wildman–Crippen MR) is 200 cm³/mol. The Morgan fingerprint density at radius 3 is 1.44 bits per heavy atom. The molecule has 0 fully saturated rings. The van der Waals surface area contributed by atoms with Gasteiger partial charge >= 0.3 is 0 Å². The van der Waals surface area contributed by atoms with Crippen LogP contribution in [0.3, 0.4) is 0 Å². The summed E-state index contributed by atoms with van der Waals surface area (Å²) in [6, 6.07) is 61.8. The van der Waals surface area contributed by atoms with Crippen molar-refractivity contribution in [1.29, 1.82) is 0 Å². The highest BCUT2D eigenvalue weighted by Crippen LogP contribution is 2.33. The topological polar surface area (TPSA) is 38.7 Å². The Hall–Kier alpha value is -6.45. The first-order valence-electron chi connectivity index (χ1n) is 16.2. The van der Waals surface area contributed by atoms with Crippen LogP contribution in [0.1, 0.15) is 0 Å². The molecule has 0 aliphatic carbocycles. The Morgan fingerprint density at radius 2 is 0.708 bits per heavy atom. The lowest BCUT2D eigenvalue weighted by molar-refractivity contribution is 1.08. The summed E-state index contributed by atoms with van der Waals surface area (Å²) in [5, 5.41) is 7.08. The lowest BCUT2D eigenvalue weighted by Gasteiger charge is -2.12. The SMILES string of the molecule is c1ccc(-c2ccc3cc(-c4nc(-c5cccc(-c6cccc7ccccc67)c5)nc(-c5ccc6ccccc6c5)n4)ccc3c2)cc1. The van der Waals surface area contributed by atoms with Gasteiger partial charge in [-0.1, -0.05) is 152 Å². The Kier molecular flexibility index (Phi) is 6.80. The Balaban J connectivity index is 1.19. The van der Waals surface area contributed by atoms with Gasteiger partial charge in [0.2, 0.25) is 0 Å². The average molecular weight is 612 g/mol. The van der Waals surface area contributed by atoms with Crippen LogP contribution in [0, 0.1) is 0 Å². The molecule has 8 aromatic carbocycles. The highest BCUT2D eigenvalue weighted by molar-refractivity contribution is 5.97. The van der Waals surface area contributed by atoms with Crippen LogP contribution in [-0.2, 0) is 0 Å². The number of hydrogen-bond acceptors (Lipinski definition) is 3. The van der Waals surface area contributed by atoms with Gasteiger partial charge in [0.15, 0.2) is 17.5 Å². The molecule has 3 nitrogen and oxygen atoms in total. The quantitative estimate of drug-likeness (QED) is 0.194. The van der Waals surface area contributed by atoms with Gasteiger partial charge in [-0.25, -0.2) is 15.0 Å². The number of aromatic nitrogens is 3. The molecule has 3 heteroatoms. The van der Waals surface area contributed by atoms with Crippen molar-refractivity contribution in [3.63, 3.8) is 0 Å². The van der Waals surface area contributed by atoms with E-state index in [-0.39, 0.29) is 0 Å². The summed E-state index contributed by atoms with van der Waals surface area (Å²) in [7, 11) is 0. The van der Waals surface area contributed by atoms with Crippen molar-refractivity contribution >= 4 is 32.3 Å². The minimum absolute atomic E-state index is 0.643. The molecule has 224 valence electrons. The van der Waals surface area contributed by atoms with Crippen molar-refractivity contribution in [3.8, 4) is 56.4 Å². The van der Waals surface area contributed by atoms with E-state index in [4.69, 9.17) is 15.0 Å². The standard InChI is InChI=1S/C45H29N3/c1-2-10-30(11-3-1)34-21-22-36-28-40(25-23-35(36)26-34)45-47-43(46-44(48-45)39-24-20-31-12-4-5-14-33(31)27-39)38-17-8-16-37(29-38)42-19-9-15-32-13-6-7-18-41(32)42/h1-29H. The predicted octanol–water partition coefficient (Wildman–Crippen LogP) is 11.7. The summed E-state index contributed by atoms with van der Waals surface area (Å²) in [4.78, 5) is 15.3. The average Bonchev–Trinajstić information content (AvgIpc) is 3.17. The monoisotopic (exact) mass is 611 g/mol. The van der Waals surface area contributed by atoms with Crippen LogP contribution in [0.25, 0.3) is 88.7 Å². The molecule has 1 aromatic heterocycles. The van der Waals surface area contributed by atoms with E-state index in [1.807, 2.05) is 6.07 Å². The van der Waals surface area contributed by atoms with Gasteiger partial charge in [-0.15, -0.1) is 0 Å². The Bertz CT molecular complexity index is 2620. The van der Waals surface area contributed by atoms with E-state index < -0.39 is 0 Å². The van der Waals surface area contributed by atoms with Crippen molar-refractivity contribution in [1.82, 2.24) is 15.0 Å². The van der Waals surface area contributed by atoms with Crippen molar-refractivity contribution in [3.05, 3.63) is 176 Å². The van der Waals surface area contributed by atoms with E-state index in [1.54, 1.807) is 0 Å². The van der Waals surface area contributed by atoms with Crippen LogP contribution in [0.5, 0.6) is 0 Å². The van der Waals surface area contributed by atoms with Gasteiger partial charge in [-0.2, -0.15) is 0 Å². The lowest BCUT2D eigenvalue weighted by atomic mass is 9.97. The number of hydrogen-bond donors (Lipinski definition) is 0. The molecule has 48 heavy (non-hydrogen) atoms. The normalized spacial score (nSPS) is 11.3. The molecular weight excluding hydrogens is 583 g/mol. The lowest BCUT2D eigenvalue weighted by Crippen LogP contribution is -2.00. The minimum Gasteiger partial charge on any atom is -0.208 e. The van der Waals surface area contributed by atoms with Crippen LogP contribution in [-0.4, -0.2) is 15.0 Å². The van der Waals surface area contributed by atoms with Crippen LogP contribution in [0.15, 0.2) is 176 Å². The number of benzene rings is 8. The third-order valence-electron chi connectivity index (χ3n) is 9.07. The Morgan fingerprint density at radius 1 is 0.250 bits per heavy atom. The van der Waals surface area contributed by atoms with Gasteiger partial charge in [-0.05, 0) is 78.8 Å². The first-order valence-corrected chi connectivity index (χ1v) is 16.2. The first kappa shape index (κ1) is 27.8. The van der Waals surface area contributed by atoms with Crippen molar-refractivity contribution in [2.75, 3.05) is 0 Å². The van der Waals surface area contributed by atoms with Gasteiger partial charge < -0.3 is 0 Å². The molecule has 0 aliphatic rings. The molecule has 9 rings (SSSR count). The van der Waals surface area contributed by atoms with E-state index in [9.17, 15) is 0 Å². The van der Waals surface area contributed by atoms with Crippen LogP contribution in [0.4, 0.5) is 0 Å². The maximum absolute atomic E-state index is 5.11. The second-order valence-corrected chi connectivity index (χ2v) is 12.1. The fourth-order valence-electron chi connectivity index (χ4n) is 6.59. The first-order chi connectivity index (χ1) is 23.7. The summed E-state index contributed by atoms with van der Waals surface area (Å²) < 4.78 is 0. The van der Waals surface area contributed by atoms with Gasteiger partial charge in [0, 0.05) is 16.7 Å². The molecule has 0 bridgehead atoms. The van der Waals surface area contributed by atoms with Crippen LogP contribution in [0.2, 0.25) is 0 Å². The molecule has 0 saturated heterocycles. The zero-order chi connectivity index (χ0) is 31.9. The van der Waals surface area contributed by atoms with Crippen LogP contribution < -0.4 is 0 Å². The van der Waals surface area contributed by atoms with Crippen molar-refractivity contribution < 1.29 is 0 Å². The zero-order valence-electron chi connectivity index (χ0n) is 26.1. The van der Waals surface area contributed by atoms with E-state index in [2.05, 4.69) is 170 Å². The highest BCUT2D eigenvalue weighted by atomic mass is 15.0. The molecule has 0 saturated carbocycles. The second kappa shape index (κ2) is 11.7. The van der Waals surface area contributed by atoms with Gasteiger partial charge in [-0.3, -0.25) is 0 Å². The van der Waals surface area contributed by atoms with Gasteiger partial charge in [0.1, 0.15) is 0 Å². The molecule has 0 spiro atoms. The fraction of sp³-hybridized carbons (Fsp3) is 0. The Labute approximate surface area is 278 Å². The third-order valence-corrected chi connectivity index (χ3v) is 9.07. The van der Waals surface area contributed by atoms with Crippen molar-refractivity contribution in [2.24, 2.45) is 0 Å². The molecule has 0 unspecified atom stereocenters. The van der Waals surface area contributed by atoms with Gasteiger partial charge in [0.25, 0.3) is 0 Å². The van der Waals surface area contributed by atoms with E-state index in [0.29, 0.717) is 17.5 Å². The molecule has 0 aliphatic heterocycles. The molecule has 1 heterocycles. The minimum atomic E-state index is 0.643. The molecule has 0 amide bonds. The summed E-state index contributed by atoms with van der Waals surface area (Å²) in [5.74, 6) is 1.94. The maximum Gasteiger partial charge on any atom is 0.164 e. The summed E-state index contributed by atoms with van der Waals surface area (Å²) in [5.41, 5.74) is 7.56. The molecule has 0 N–H and O–H groups in total. The molecule has 0 radical (unpaired) electrons.